The van der Waals surface area contributed by atoms with Crippen LogP contribution < -0.4 is 0 Å². The maximum Gasteiger partial charge on any atom is 0.240 e. The number of hydrogen-bond donors (Lipinski definition) is 0. The molecule has 0 radical (unpaired) electrons. The Labute approximate surface area is 164 Å². The highest BCUT2D eigenvalue weighted by Gasteiger charge is 2.32. The van der Waals surface area contributed by atoms with E-state index in [2.05, 4.69) is 44.0 Å². The quantitative estimate of drug-likeness (QED) is 0.423. The summed E-state index contributed by atoms with van der Waals surface area (Å²) in [7, 11) is 0. The van der Waals surface area contributed by atoms with E-state index >= 15 is 0 Å². The lowest BCUT2D eigenvalue weighted by Gasteiger charge is -2.11. The minimum absolute atomic E-state index is 0.0232. The van der Waals surface area contributed by atoms with Gasteiger partial charge in [0.15, 0.2) is 5.16 Å². The predicted molar refractivity (Wildman–Crippen MR) is 105 cm³/mol. The molecule has 8 heteroatoms. The molecule has 1 atom stereocenters. The summed E-state index contributed by atoms with van der Waals surface area (Å²) in [6.07, 6.45) is 2.36. The van der Waals surface area contributed by atoms with Crippen LogP contribution in [0.25, 0.3) is 16.4 Å². The Morgan fingerprint density at radius 2 is 2.00 bits per heavy atom. The molecular weight excluding hydrogens is 378 g/mol. The van der Waals surface area contributed by atoms with E-state index in [0.29, 0.717) is 17.6 Å². The second kappa shape index (κ2) is 6.94. The van der Waals surface area contributed by atoms with Crippen LogP contribution in [0.15, 0.2) is 57.5 Å². The van der Waals surface area contributed by atoms with Crippen molar-refractivity contribution in [2.24, 2.45) is 0 Å². The van der Waals surface area contributed by atoms with Crippen molar-refractivity contribution in [1.82, 2.24) is 24.9 Å². The van der Waals surface area contributed by atoms with Crippen molar-refractivity contribution in [2.75, 3.05) is 0 Å². The summed E-state index contributed by atoms with van der Waals surface area (Å²) in [5.74, 6) is 2.78. The first-order valence-corrected chi connectivity index (χ1v) is 10.6. The van der Waals surface area contributed by atoms with Crippen molar-refractivity contribution in [3.63, 3.8) is 0 Å². The highest BCUT2D eigenvalue weighted by atomic mass is 32.2. The van der Waals surface area contributed by atoms with Crippen LogP contribution >= 0.6 is 23.1 Å². The number of thioether (sulfide) groups is 1. The summed E-state index contributed by atoms with van der Waals surface area (Å²) in [5.41, 5.74) is 1.09. The fourth-order valence-electron chi connectivity index (χ4n) is 2.90. The second-order valence-electron chi connectivity index (χ2n) is 6.48. The number of nitrogens with zero attached hydrogens (tertiary/aromatic N) is 5. The Hall–Kier alpha value is -2.45. The SMILES string of the molecule is CC(Sc1nnc(C2CC2)n1-c1ccccc1)c1nc(-c2cccs2)no1. The normalized spacial score (nSPS) is 15.1. The molecular formula is C19H17N5OS2. The highest BCUT2D eigenvalue weighted by Crippen LogP contribution is 2.43. The third-order valence-electron chi connectivity index (χ3n) is 4.43. The van der Waals surface area contributed by atoms with E-state index in [1.54, 1.807) is 23.1 Å². The molecule has 0 spiro atoms. The molecule has 136 valence electrons. The van der Waals surface area contributed by atoms with Gasteiger partial charge in [-0.05, 0) is 43.3 Å². The minimum atomic E-state index is -0.0232. The van der Waals surface area contributed by atoms with Crippen molar-refractivity contribution in [3.05, 3.63) is 59.6 Å². The Morgan fingerprint density at radius 3 is 2.74 bits per heavy atom. The molecule has 1 aliphatic carbocycles. The zero-order chi connectivity index (χ0) is 18.2. The van der Waals surface area contributed by atoms with Gasteiger partial charge in [0.1, 0.15) is 5.82 Å². The molecule has 0 saturated heterocycles. The predicted octanol–water partition coefficient (Wildman–Crippen LogP) is 5.11. The standard InChI is InChI=1S/C19H17N5OS2/c1-12(18-20-16(23-25-18)15-8-5-11-26-15)27-19-22-21-17(13-9-10-13)24(19)14-6-3-2-4-7-14/h2-8,11-13H,9-10H2,1H3. The van der Waals surface area contributed by atoms with E-state index in [1.165, 1.54) is 12.8 Å². The maximum atomic E-state index is 5.50. The summed E-state index contributed by atoms with van der Waals surface area (Å²) in [5, 5.41) is 15.9. The van der Waals surface area contributed by atoms with Crippen LogP contribution in [0.4, 0.5) is 0 Å². The fourth-order valence-corrected chi connectivity index (χ4v) is 4.45. The first-order valence-electron chi connectivity index (χ1n) is 8.84. The third kappa shape index (κ3) is 3.30. The second-order valence-corrected chi connectivity index (χ2v) is 8.74. The summed E-state index contributed by atoms with van der Waals surface area (Å²) in [4.78, 5) is 5.57. The van der Waals surface area contributed by atoms with Gasteiger partial charge in [-0.25, -0.2) is 0 Å². The fraction of sp³-hybridized carbons (Fsp3) is 0.263. The minimum Gasteiger partial charge on any atom is -0.338 e. The lowest BCUT2D eigenvalue weighted by Crippen LogP contribution is -2.02. The largest absolute Gasteiger partial charge is 0.338 e. The molecule has 27 heavy (non-hydrogen) atoms. The number of para-hydroxylation sites is 1. The molecule has 3 aromatic heterocycles. The molecule has 1 fully saturated rings. The summed E-state index contributed by atoms with van der Waals surface area (Å²) >= 11 is 3.19. The molecule has 1 aliphatic rings. The smallest absolute Gasteiger partial charge is 0.240 e. The molecule has 0 amide bonds. The molecule has 0 N–H and O–H groups in total. The monoisotopic (exact) mass is 395 g/mol. The topological polar surface area (TPSA) is 69.6 Å². The van der Waals surface area contributed by atoms with Crippen molar-refractivity contribution >= 4 is 23.1 Å². The zero-order valence-electron chi connectivity index (χ0n) is 14.6. The number of aromatic nitrogens is 5. The van der Waals surface area contributed by atoms with Crippen LogP contribution in [0.3, 0.4) is 0 Å². The first kappa shape index (κ1) is 16.7. The van der Waals surface area contributed by atoms with Crippen molar-refractivity contribution < 1.29 is 4.52 Å². The maximum absolute atomic E-state index is 5.50. The molecule has 1 saturated carbocycles. The number of thiophene rings is 1. The van der Waals surface area contributed by atoms with Gasteiger partial charge in [-0.2, -0.15) is 4.98 Å². The van der Waals surface area contributed by atoms with E-state index in [9.17, 15) is 0 Å². The van der Waals surface area contributed by atoms with E-state index in [4.69, 9.17) is 4.52 Å². The van der Waals surface area contributed by atoms with E-state index < -0.39 is 0 Å². The average molecular weight is 396 g/mol. The summed E-state index contributed by atoms with van der Waals surface area (Å²) in [6.45, 7) is 2.05. The number of hydrogen-bond acceptors (Lipinski definition) is 7. The molecule has 5 rings (SSSR count). The van der Waals surface area contributed by atoms with Crippen molar-refractivity contribution in [2.45, 2.75) is 36.1 Å². The van der Waals surface area contributed by atoms with E-state index in [1.807, 2.05) is 35.7 Å². The van der Waals surface area contributed by atoms with Gasteiger partial charge in [-0.1, -0.05) is 41.2 Å². The van der Waals surface area contributed by atoms with Gasteiger partial charge in [-0.3, -0.25) is 4.57 Å². The van der Waals surface area contributed by atoms with Gasteiger partial charge in [0.05, 0.1) is 10.1 Å². The van der Waals surface area contributed by atoms with Crippen LogP contribution in [0.5, 0.6) is 0 Å². The summed E-state index contributed by atoms with van der Waals surface area (Å²) < 4.78 is 7.66. The van der Waals surface area contributed by atoms with Crippen LogP contribution in [0.2, 0.25) is 0 Å². The van der Waals surface area contributed by atoms with Crippen LogP contribution in [-0.2, 0) is 0 Å². The third-order valence-corrected chi connectivity index (χ3v) is 6.32. The number of rotatable bonds is 6. The van der Waals surface area contributed by atoms with Gasteiger partial charge < -0.3 is 4.52 Å². The molecule has 1 unspecified atom stereocenters. The first-order chi connectivity index (χ1) is 13.3. The molecule has 0 aliphatic heterocycles. The van der Waals surface area contributed by atoms with Crippen LogP contribution in [0, 0.1) is 0 Å². The average Bonchev–Trinajstić information content (AvgIpc) is 3.11. The van der Waals surface area contributed by atoms with Gasteiger partial charge in [0.2, 0.25) is 11.7 Å². The lowest BCUT2D eigenvalue weighted by atomic mass is 10.3. The van der Waals surface area contributed by atoms with Crippen molar-refractivity contribution in [3.8, 4) is 16.4 Å². The molecule has 3 heterocycles. The van der Waals surface area contributed by atoms with E-state index in [-0.39, 0.29) is 5.25 Å². The molecule has 1 aromatic carbocycles. The van der Waals surface area contributed by atoms with Crippen LogP contribution in [-0.4, -0.2) is 24.9 Å². The van der Waals surface area contributed by atoms with E-state index in [0.717, 1.165) is 21.5 Å². The Kier molecular flexibility index (Phi) is 4.29. The Morgan fingerprint density at radius 1 is 1.15 bits per heavy atom. The van der Waals surface area contributed by atoms with Gasteiger partial charge >= 0.3 is 0 Å². The summed E-state index contributed by atoms with van der Waals surface area (Å²) in [6, 6.07) is 14.2. The number of benzene rings is 1. The zero-order valence-corrected chi connectivity index (χ0v) is 16.3. The molecule has 0 bridgehead atoms. The van der Waals surface area contributed by atoms with Gasteiger partial charge in [-0.15, -0.1) is 21.5 Å². The highest BCUT2D eigenvalue weighted by molar-refractivity contribution is 7.99. The van der Waals surface area contributed by atoms with Crippen LogP contribution in [0.1, 0.15) is 42.6 Å². The Bertz CT molecular complexity index is 1040. The van der Waals surface area contributed by atoms with Gasteiger partial charge in [0, 0.05) is 11.6 Å². The van der Waals surface area contributed by atoms with Gasteiger partial charge in [0.25, 0.3) is 0 Å². The molecule has 6 nitrogen and oxygen atoms in total. The molecule has 4 aromatic rings. The van der Waals surface area contributed by atoms with Crippen molar-refractivity contribution in [1.29, 1.82) is 0 Å². The Balaban J connectivity index is 1.44. The lowest BCUT2D eigenvalue weighted by molar-refractivity contribution is 0.380.